The molecule has 1 aliphatic heterocycles. The van der Waals surface area contributed by atoms with Gasteiger partial charge < -0.3 is 4.90 Å². The van der Waals surface area contributed by atoms with Gasteiger partial charge in [-0.3, -0.25) is 4.79 Å². The van der Waals surface area contributed by atoms with Crippen LogP contribution in [-0.2, 0) is 14.8 Å². The van der Waals surface area contributed by atoms with Crippen LogP contribution in [0.25, 0.3) is 22.3 Å². The lowest BCUT2D eigenvalue weighted by Crippen LogP contribution is -2.27. The van der Waals surface area contributed by atoms with Gasteiger partial charge in [0, 0.05) is 18.1 Å². The minimum absolute atomic E-state index is 0.0181. The predicted molar refractivity (Wildman–Crippen MR) is 128 cm³/mol. The average Bonchev–Trinajstić information content (AvgIpc) is 3.09. The second-order valence-corrected chi connectivity index (χ2v) is 9.70. The third kappa shape index (κ3) is 4.35. The minimum atomic E-state index is -3.78. The smallest absolute Gasteiger partial charge is 0.255 e. The van der Waals surface area contributed by atoms with E-state index < -0.39 is 10.0 Å². The zero-order valence-electron chi connectivity index (χ0n) is 17.6. The molecule has 1 heterocycles. The van der Waals surface area contributed by atoms with Gasteiger partial charge in [-0.05, 0) is 58.5 Å². The van der Waals surface area contributed by atoms with Crippen LogP contribution in [0, 0.1) is 0 Å². The average molecular weight is 467 g/mol. The Morgan fingerprint density at radius 1 is 0.938 bits per heavy atom. The molecule has 0 aromatic heterocycles. The van der Waals surface area contributed by atoms with Gasteiger partial charge in [0.05, 0.1) is 10.5 Å². The van der Waals surface area contributed by atoms with Crippen LogP contribution < -0.4 is 5.14 Å². The molecular formula is C25H23ClN2O3S. The number of amides is 1. The van der Waals surface area contributed by atoms with Crippen LogP contribution in [-0.4, -0.2) is 32.3 Å². The molecular weight excluding hydrogens is 444 g/mol. The van der Waals surface area contributed by atoms with Crippen molar-refractivity contribution in [2.45, 2.75) is 18.2 Å². The highest BCUT2D eigenvalue weighted by atomic mass is 35.5. The van der Waals surface area contributed by atoms with E-state index in [1.54, 1.807) is 12.1 Å². The van der Waals surface area contributed by atoms with E-state index in [9.17, 15) is 13.2 Å². The van der Waals surface area contributed by atoms with Crippen molar-refractivity contribution in [2.24, 2.45) is 5.14 Å². The van der Waals surface area contributed by atoms with Gasteiger partial charge >= 0.3 is 0 Å². The zero-order chi connectivity index (χ0) is 22.9. The summed E-state index contributed by atoms with van der Waals surface area (Å²) in [5.41, 5.74) is 4.93. The van der Waals surface area contributed by atoms with Crippen molar-refractivity contribution < 1.29 is 13.2 Å². The highest BCUT2D eigenvalue weighted by Gasteiger charge is 2.32. The van der Waals surface area contributed by atoms with Crippen LogP contribution in [0.1, 0.15) is 24.5 Å². The normalized spacial score (nSPS) is 14.3. The second-order valence-electron chi connectivity index (χ2n) is 7.71. The predicted octanol–water partition coefficient (Wildman–Crippen LogP) is 4.82. The largest absolute Gasteiger partial charge is 0.334 e. The molecule has 3 aromatic carbocycles. The monoisotopic (exact) mass is 466 g/mol. The molecule has 1 amide bonds. The number of primary sulfonamides is 1. The summed E-state index contributed by atoms with van der Waals surface area (Å²) in [6.45, 7) is 3.23. The number of carbonyl (C=O) groups is 1. The Morgan fingerprint density at radius 3 is 2.25 bits per heavy atom. The van der Waals surface area contributed by atoms with Gasteiger partial charge in [-0.1, -0.05) is 67.1 Å². The molecule has 164 valence electrons. The Morgan fingerprint density at radius 2 is 1.62 bits per heavy atom. The first kappa shape index (κ1) is 22.3. The van der Waals surface area contributed by atoms with Gasteiger partial charge in [-0.15, -0.1) is 0 Å². The molecule has 1 aliphatic rings. The first-order valence-corrected chi connectivity index (χ1v) is 12.2. The number of hydrogen-bond donors (Lipinski definition) is 1. The third-order valence-electron chi connectivity index (χ3n) is 5.51. The Bertz CT molecular complexity index is 1320. The first-order chi connectivity index (χ1) is 15.3. The SMILES string of the molecule is CCCN1CC(c2cccc(Cl)c2)=C(c2ccccc2-c2ccc(S(N)(=O)=O)cc2)C1=O. The zero-order valence-corrected chi connectivity index (χ0v) is 19.2. The van der Waals surface area contributed by atoms with Crippen LogP contribution in [0.15, 0.2) is 77.7 Å². The molecule has 0 saturated carbocycles. The summed E-state index contributed by atoms with van der Waals surface area (Å²) in [5, 5.41) is 5.85. The number of nitrogens with two attached hydrogens (primary N) is 1. The molecule has 0 unspecified atom stereocenters. The van der Waals surface area contributed by atoms with Crippen LogP contribution in [0.4, 0.5) is 0 Å². The highest BCUT2D eigenvalue weighted by Crippen LogP contribution is 2.39. The first-order valence-electron chi connectivity index (χ1n) is 10.3. The Hall–Kier alpha value is -2.93. The maximum absolute atomic E-state index is 13.5. The molecule has 0 aliphatic carbocycles. The number of hydrogen-bond acceptors (Lipinski definition) is 3. The maximum Gasteiger partial charge on any atom is 0.255 e. The van der Waals surface area contributed by atoms with E-state index in [0.717, 1.165) is 34.2 Å². The van der Waals surface area contributed by atoms with Gasteiger partial charge in [0.15, 0.2) is 0 Å². The lowest BCUT2D eigenvalue weighted by Gasteiger charge is -2.16. The van der Waals surface area contributed by atoms with Gasteiger partial charge in [-0.25, -0.2) is 13.6 Å². The van der Waals surface area contributed by atoms with E-state index >= 15 is 0 Å². The Kier molecular flexibility index (Phi) is 6.20. The lowest BCUT2D eigenvalue weighted by atomic mass is 9.90. The van der Waals surface area contributed by atoms with E-state index in [4.69, 9.17) is 16.7 Å². The van der Waals surface area contributed by atoms with Crippen LogP contribution in [0.3, 0.4) is 0 Å². The summed E-state index contributed by atoms with van der Waals surface area (Å²) in [5.74, 6) is -0.0181. The van der Waals surface area contributed by atoms with Crippen molar-refractivity contribution in [2.75, 3.05) is 13.1 Å². The highest BCUT2D eigenvalue weighted by molar-refractivity contribution is 7.89. The number of benzene rings is 3. The summed E-state index contributed by atoms with van der Waals surface area (Å²) < 4.78 is 23.3. The second kappa shape index (κ2) is 8.90. The molecule has 0 radical (unpaired) electrons. The lowest BCUT2D eigenvalue weighted by molar-refractivity contribution is -0.123. The molecule has 0 fully saturated rings. The number of halogens is 1. The summed E-state index contributed by atoms with van der Waals surface area (Å²) in [6, 6.07) is 21.6. The number of nitrogens with zero attached hydrogens (tertiary/aromatic N) is 1. The topological polar surface area (TPSA) is 80.5 Å². The van der Waals surface area contributed by atoms with E-state index in [1.807, 2.05) is 60.4 Å². The molecule has 0 saturated heterocycles. The van der Waals surface area contributed by atoms with Crippen LogP contribution in [0.5, 0.6) is 0 Å². The molecule has 4 rings (SSSR count). The van der Waals surface area contributed by atoms with E-state index in [-0.39, 0.29) is 10.8 Å². The molecule has 32 heavy (non-hydrogen) atoms. The van der Waals surface area contributed by atoms with Gasteiger partial charge in [0.1, 0.15) is 0 Å². The summed E-state index contributed by atoms with van der Waals surface area (Å²) in [6.07, 6.45) is 0.860. The molecule has 0 bridgehead atoms. The van der Waals surface area contributed by atoms with Crippen molar-refractivity contribution in [3.05, 3.63) is 88.9 Å². The standard InChI is InChI=1S/C25H23ClN2O3S/c1-2-14-28-16-23(18-6-5-7-19(26)15-18)24(25(28)29)22-9-4-3-8-21(22)17-10-12-20(13-11-17)32(27,30)31/h3-13,15H,2,14,16H2,1H3,(H2,27,30,31). The Labute approximate surface area is 193 Å². The van der Waals surface area contributed by atoms with Crippen LogP contribution >= 0.6 is 11.6 Å². The van der Waals surface area contributed by atoms with Crippen LogP contribution in [0.2, 0.25) is 5.02 Å². The fourth-order valence-corrected chi connectivity index (χ4v) is 4.75. The molecule has 2 N–H and O–H groups in total. The fourth-order valence-electron chi connectivity index (χ4n) is 4.05. The van der Waals surface area contributed by atoms with Crippen molar-refractivity contribution in [3.8, 4) is 11.1 Å². The fraction of sp³-hybridized carbons (Fsp3) is 0.160. The van der Waals surface area contributed by atoms with Gasteiger partial charge in [0.2, 0.25) is 10.0 Å². The molecule has 0 spiro atoms. The molecule has 5 nitrogen and oxygen atoms in total. The van der Waals surface area contributed by atoms with E-state index in [0.29, 0.717) is 23.7 Å². The number of carbonyl (C=O) groups excluding carboxylic acids is 1. The summed E-state index contributed by atoms with van der Waals surface area (Å²) in [7, 11) is -3.78. The number of sulfonamides is 1. The van der Waals surface area contributed by atoms with Crippen molar-refractivity contribution in [1.29, 1.82) is 0 Å². The molecule has 3 aromatic rings. The molecule has 0 atom stereocenters. The van der Waals surface area contributed by atoms with Gasteiger partial charge in [0.25, 0.3) is 5.91 Å². The third-order valence-corrected chi connectivity index (χ3v) is 6.67. The quantitative estimate of drug-likeness (QED) is 0.565. The Balaban J connectivity index is 1.89. The maximum atomic E-state index is 13.5. The van der Waals surface area contributed by atoms with Crippen molar-refractivity contribution >= 4 is 38.7 Å². The minimum Gasteiger partial charge on any atom is -0.334 e. The van der Waals surface area contributed by atoms with E-state index in [1.165, 1.54) is 12.1 Å². The van der Waals surface area contributed by atoms with Gasteiger partial charge in [-0.2, -0.15) is 0 Å². The summed E-state index contributed by atoms with van der Waals surface area (Å²) in [4.78, 5) is 15.4. The van der Waals surface area contributed by atoms with Crippen molar-refractivity contribution in [1.82, 2.24) is 4.90 Å². The number of rotatable bonds is 6. The van der Waals surface area contributed by atoms with Crippen molar-refractivity contribution in [3.63, 3.8) is 0 Å². The van der Waals surface area contributed by atoms with E-state index in [2.05, 4.69) is 0 Å². The molecule has 7 heteroatoms. The summed E-state index contributed by atoms with van der Waals surface area (Å²) >= 11 is 6.25.